The van der Waals surface area contributed by atoms with Crippen molar-refractivity contribution >= 4 is 28.6 Å². The second-order valence-electron chi connectivity index (χ2n) is 5.94. The Bertz CT molecular complexity index is 1020. The van der Waals surface area contributed by atoms with E-state index in [-0.39, 0.29) is 28.4 Å². The maximum absolute atomic E-state index is 13.6. The number of nitrogens with one attached hydrogen (secondary N) is 1. The van der Waals surface area contributed by atoms with Crippen molar-refractivity contribution in [1.82, 2.24) is 9.66 Å². The number of benzene rings is 2. The Labute approximate surface area is 165 Å². The van der Waals surface area contributed by atoms with E-state index in [1.807, 2.05) is 37.3 Å². The van der Waals surface area contributed by atoms with Crippen LogP contribution in [0.1, 0.15) is 12.5 Å². The van der Waals surface area contributed by atoms with E-state index in [1.165, 1.54) is 30.0 Å². The number of carbonyl (C=O) groups excluding carboxylic acids is 1. The Morgan fingerprint density at radius 2 is 2.04 bits per heavy atom. The van der Waals surface area contributed by atoms with Gasteiger partial charge in [-0.1, -0.05) is 42.1 Å². The molecule has 0 aliphatic rings. The summed E-state index contributed by atoms with van der Waals surface area (Å²) in [6.07, 6.45) is 0.123. The number of carbonyl (C=O) groups is 1. The molecule has 6 nitrogen and oxygen atoms in total. The molecule has 0 fully saturated rings. The standard InChI is InChI=1S/C20H20FN3O3S/c1-2-27-10-11-28-20-22-17-13-15(21)8-9-16(17)19(26)24(20)23-18(25)12-14-6-4-3-5-7-14/h3-9,13H,2,10-12H2,1H3,(H,23,25). The van der Waals surface area contributed by atoms with Crippen molar-refractivity contribution in [1.29, 1.82) is 0 Å². The van der Waals surface area contributed by atoms with Crippen LogP contribution in [0.4, 0.5) is 4.39 Å². The van der Waals surface area contributed by atoms with Crippen molar-refractivity contribution in [2.24, 2.45) is 0 Å². The molecule has 0 bridgehead atoms. The lowest BCUT2D eigenvalue weighted by Gasteiger charge is -2.14. The summed E-state index contributed by atoms with van der Waals surface area (Å²) in [7, 11) is 0. The molecule has 28 heavy (non-hydrogen) atoms. The molecule has 0 saturated heterocycles. The maximum Gasteiger partial charge on any atom is 0.281 e. The number of hydrogen-bond donors (Lipinski definition) is 1. The summed E-state index contributed by atoms with van der Waals surface area (Å²) in [6, 6.07) is 13.0. The molecule has 1 heterocycles. The minimum atomic E-state index is -0.476. The zero-order valence-corrected chi connectivity index (χ0v) is 16.2. The number of rotatable bonds is 8. The van der Waals surface area contributed by atoms with Crippen molar-refractivity contribution in [2.45, 2.75) is 18.5 Å². The molecule has 0 saturated carbocycles. The first-order chi connectivity index (χ1) is 13.6. The van der Waals surface area contributed by atoms with Gasteiger partial charge in [0.15, 0.2) is 5.16 Å². The number of fused-ring (bicyclic) bond motifs is 1. The molecule has 1 amide bonds. The van der Waals surface area contributed by atoms with E-state index in [2.05, 4.69) is 10.4 Å². The van der Waals surface area contributed by atoms with Gasteiger partial charge in [0.1, 0.15) is 5.82 Å². The lowest BCUT2D eigenvalue weighted by Crippen LogP contribution is -2.36. The van der Waals surface area contributed by atoms with E-state index in [0.29, 0.717) is 19.0 Å². The highest BCUT2D eigenvalue weighted by atomic mass is 32.2. The number of hydrogen-bond acceptors (Lipinski definition) is 5. The molecule has 0 unspecified atom stereocenters. The molecular weight excluding hydrogens is 381 g/mol. The van der Waals surface area contributed by atoms with Gasteiger partial charge < -0.3 is 4.74 Å². The van der Waals surface area contributed by atoms with Gasteiger partial charge in [0.2, 0.25) is 5.91 Å². The molecule has 146 valence electrons. The molecular formula is C20H20FN3O3S. The second-order valence-corrected chi connectivity index (χ2v) is 7.00. The van der Waals surface area contributed by atoms with Crippen molar-refractivity contribution in [3.63, 3.8) is 0 Å². The molecule has 0 atom stereocenters. The van der Waals surface area contributed by atoms with E-state index in [4.69, 9.17) is 4.74 Å². The average Bonchev–Trinajstić information content (AvgIpc) is 2.68. The molecule has 1 N–H and O–H groups in total. The van der Waals surface area contributed by atoms with Crippen LogP contribution in [0.3, 0.4) is 0 Å². The molecule has 0 spiro atoms. The summed E-state index contributed by atoms with van der Waals surface area (Å²) in [5.41, 5.74) is 3.24. The second kappa shape index (κ2) is 9.48. The van der Waals surface area contributed by atoms with Gasteiger partial charge in [-0.2, -0.15) is 4.68 Å². The lowest BCUT2D eigenvalue weighted by molar-refractivity contribution is -0.116. The van der Waals surface area contributed by atoms with Crippen LogP contribution in [-0.4, -0.2) is 34.5 Å². The van der Waals surface area contributed by atoms with Crippen LogP contribution in [0, 0.1) is 5.82 Å². The van der Waals surface area contributed by atoms with E-state index >= 15 is 0 Å². The number of aromatic nitrogens is 2. The maximum atomic E-state index is 13.6. The van der Waals surface area contributed by atoms with Crippen molar-refractivity contribution in [3.8, 4) is 0 Å². The Morgan fingerprint density at radius 1 is 1.25 bits per heavy atom. The molecule has 0 aliphatic carbocycles. The minimum Gasteiger partial charge on any atom is -0.381 e. The summed E-state index contributed by atoms with van der Waals surface area (Å²) >= 11 is 1.26. The van der Waals surface area contributed by atoms with Crippen LogP contribution in [0.2, 0.25) is 0 Å². The van der Waals surface area contributed by atoms with Gasteiger partial charge in [-0.25, -0.2) is 9.37 Å². The van der Waals surface area contributed by atoms with Crippen LogP contribution in [0.5, 0.6) is 0 Å². The van der Waals surface area contributed by atoms with Crippen LogP contribution >= 0.6 is 11.8 Å². The van der Waals surface area contributed by atoms with Crippen LogP contribution in [-0.2, 0) is 16.0 Å². The SMILES string of the molecule is CCOCCSc1nc2cc(F)ccc2c(=O)n1NC(=O)Cc1ccccc1. The first-order valence-corrected chi connectivity index (χ1v) is 9.83. The molecule has 2 aromatic carbocycles. The zero-order chi connectivity index (χ0) is 19.9. The minimum absolute atomic E-state index is 0.123. The van der Waals surface area contributed by atoms with Gasteiger partial charge in [0.25, 0.3) is 5.56 Å². The molecule has 3 rings (SSSR count). The Morgan fingerprint density at radius 3 is 2.79 bits per heavy atom. The largest absolute Gasteiger partial charge is 0.381 e. The summed E-state index contributed by atoms with van der Waals surface area (Å²) < 4.78 is 20.0. The van der Waals surface area contributed by atoms with Crippen molar-refractivity contribution < 1.29 is 13.9 Å². The fourth-order valence-electron chi connectivity index (χ4n) is 2.62. The predicted molar refractivity (Wildman–Crippen MR) is 108 cm³/mol. The van der Waals surface area contributed by atoms with Gasteiger partial charge in [0, 0.05) is 18.4 Å². The topological polar surface area (TPSA) is 73.2 Å². The van der Waals surface area contributed by atoms with E-state index in [0.717, 1.165) is 10.2 Å². The number of halogens is 1. The molecule has 1 aromatic heterocycles. The summed E-state index contributed by atoms with van der Waals surface area (Å²) in [5, 5.41) is 0.514. The van der Waals surface area contributed by atoms with Gasteiger partial charge in [-0.15, -0.1) is 0 Å². The third-order valence-electron chi connectivity index (χ3n) is 3.91. The zero-order valence-electron chi connectivity index (χ0n) is 15.4. The van der Waals surface area contributed by atoms with Gasteiger partial charge >= 0.3 is 0 Å². The Balaban J connectivity index is 1.91. The van der Waals surface area contributed by atoms with Crippen LogP contribution in [0.25, 0.3) is 10.9 Å². The van der Waals surface area contributed by atoms with Crippen LogP contribution < -0.4 is 11.0 Å². The van der Waals surface area contributed by atoms with E-state index < -0.39 is 11.4 Å². The normalized spacial score (nSPS) is 10.9. The third-order valence-corrected chi connectivity index (χ3v) is 4.81. The summed E-state index contributed by atoms with van der Waals surface area (Å²) in [6.45, 7) is 2.94. The molecule has 0 radical (unpaired) electrons. The highest BCUT2D eigenvalue weighted by Crippen LogP contribution is 2.18. The first-order valence-electron chi connectivity index (χ1n) is 8.85. The highest BCUT2D eigenvalue weighted by Gasteiger charge is 2.15. The quantitative estimate of drug-likeness (QED) is 0.357. The number of thioether (sulfide) groups is 1. The summed E-state index contributed by atoms with van der Waals surface area (Å²) in [4.78, 5) is 29.7. The van der Waals surface area contributed by atoms with Crippen molar-refractivity contribution in [2.75, 3.05) is 24.4 Å². The smallest absolute Gasteiger partial charge is 0.281 e. The van der Waals surface area contributed by atoms with Gasteiger partial charge in [-0.3, -0.25) is 15.0 Å². The first kappa shape index (κ1) is 20.0. The van der Waals surface area contributed by atoms with E-state index in [1.54, 1.807) is 0 Å². The monoisotopic (exact) mass is 401 g/mol. The Kier molecular flexibility index (Phi) is 6.78. The van der Waals surface area contributed by atoms with Crippen molar-refractivity contribution in [3.05, 3.63) is 70.3 Å². The summed E-state index contributed by atoms with van der Waals surface area (Å²) in [5.74, 6) is -0.283. The van der Waals surface area contributed by atoms with Crippen LogP contribution in [0.15, 0.2) is 58.5 Å². The number of nitrogens with zero attached hydrogens (tertiary/aromatic N) is 2. The molecule has 8 heteroatoms. The highest BCUT2D eigenvalue weighted by molar-refractivity contribution is 7.99. The third kappa shape index (κ3) is 4.96. The average molecular weight is 401 g/mol. The molecule has 3 aromatic rings. The van der Waals surface area contributed by atoms with E-state index in [9.17, 15) is 14.0 Å². The fraction of sp³-hybridized carbons (Fsp3) is 0.250. The van der Waals surface area contributed by atoms with Gasteiger partial charge in [-0.05, 0) is 24.6 Å². The fourth-order valence-corrected chi connectivity index (χ4v) is 3.42. The number of amides is 1. The Hall–Kier alpha value is -2.71. The van der Waals surface area contributed by atoms with Gasteiger partial charge in [0.05, 0.1) is 23.9 Å². The lowest BCUT2D eigenvalue weighted by atomic mass is 10.1. The number of ether oxygens (including phenoxy) is 1. The predicted octanol–water partition coefficient (Wildman–Crippen LogP) is 2.98. The molecule has 0 aliphatic heterocycles.